The zero-order chi connectivity index (χ0) is 10.7. The number of rotatable bonds is 5. The van der Waals surface area contributed by atoms with Crippen LogP contribution in [-0.4, -0.2) is 5.71 Å². The van der Waals surface area contributed by atoms with Crippen molar-refractivity contribution in [2.45, 2.75) is 59.8 Å². The van der Waals surface area contributed by atoms with Crippen molar-refractivity contribution in [3.8, 4) is 0 Å². The van der Waals surface area contributed by atoms with Crippen molar-refractivity contribution in [3.63, 3.8) is 0 Å². The predicted molar refractivity (Wildman–Crippen MR) is 62.6 cm³/mol. The lowest BCUT2D eigenvalue weighted by Crippen LogP contribution is -1.84. The van der Waals surface area contributed by atoms with Gasteiger partial charge in [-0.1, -0.05) is 52.5 Å². The monoisotopic (exact) mass is 183 g/mol. The third kappa shape index (κ3) is 18.4. The molecular formula is C12H25N. The Morgan fingerprint density at radius 3 is 1.46 bits per heavy atom. The van der Waals surface area contributed by atoms with E-state index in [0.29, 0.717) is 5.71 Å². The molecular weight excluding hydrogens is 158 g/mol. The summed E-state index contributed by atoms with van der Waals surface area (Å²) in [4.78, 5) is 0. The fourth-order valence-corrected chi connectivity index (χ4v) is 0.677. The van der Waals surface area contributed by atoms with Gasteiger partial charge in [-0.3, -0.25) is 0 Å². The molecule has 0 radical (unpaired) electrons. The molecule has 0 atom stereocenters. The van der Waals surface area contributed by atoms with E-state index < -0.39 is 0 Å². The van der Waals surface area contributed by atoms with Crippen molar-refractivity contribution in [1.29, 1.82) is 5.41 Å². The van der Waals surface area contributed by atoms with Gasteiger partial charge in [-0.15, -0.1) is 0 Å². The van der Waals surface area contributed by atoms with Gasteiger partial charge in [0.25, 0.3) is 0 Å². The molecule has 0 saturated carbocycles. The Morgan fingerprint density at radius 1 is 1.00 bits per heavy atom. The van der Waals surface area contributed by atoms with Gasteiger partial charge in [-0.25, -0.2) is 0 Å². The Morgan fingerprint density at radius 2 is 1.31 bits per heavy atom. The molecule has 0 aliphatic rings. The zero-order valence-corrected chi connectivity index (χ0v) is 9.74. The van der Waals surface area contributed by atoms with Crippen LogP contribution < -0.4 is 0 Å². The van der Waals surface area contributed by atoms with Crippen LogP contribution in [-0.2, 0) is 0 Å². The van der Waals surface area contributed by atoms with Crippen LogP contribution in [0.5, 0.6) is 0 Å². The highest BCUT2D eigenvalue weighted by atomic mass is 14.4. The second-order valence-electron chi connectivity index (χ2n) is 3.47. The van der Waals surface area contributed by atoms with Gasteiger partial charge in [-0.2, -0.15) is 0 Å². The van der Waals surface area contributed by atoms with E-state index in [1.165, 1.54) is 32.1 Å². The molecule has 1 N–H and O–H groups in total. The normalized spacial score (nSPS) is 8.62. The largest absolute Gasteiger partial charge is 0.305 e. The highest BCUT2D eigenvalue weighted by Crippen LogP contribution is 2.00. The summed E-state index contributed by atoms with van der Waals surface area (Å²) >= 11 is 0. The van der Waals surface area contributed by atoms with Crippen LogP contribution in [0.4, 0.5) is 0 Å². The molecule has 0 spiro atoms. The maximum Gasteiger partial charge on any atom is 0.0306 e. The van der Waals surface area contributed by atoms with Crippen molar-refractivity contribution < 1.29 is 0 Å². The Balaban J connectivity index is 0. The molecule has 1 nitrogen and oxygen atoms in total. The standard InChI is InChI=1S/C7H16.C5H9N/c1-3-5-7-6-4-2;1-4(2)5(3)6/h3-7H2,1-2H3;6H,1H2,2-3H3. The molecule has 0 amide bonds. The Bertz CT molecular complexity index is 120. The van der Waals surface area contributed by atoms with Crippen LogP contribution >= 0.6 is 0 Å². The number of allylic oxidation sites excluding steroid dienone is 1. The van der Waals surface area contributed by atoms with Crippen LogP contribution in [0.1, 0.15) is 59.8 Å². The molecule has 78 valence electrons. The minimum Gasteiger partial charge on any atom is -0.305 e. The zero-order valence-electron chi connectivity index (χ0n) is 9.74. The van der Waals surface area contributed by atoms with Crippen molar-refractivity contribution in [2.75, 3.05) is 0 Å². The smallest absolute Gasteiger partial charge is 0.0306 e. The third-order valence-corrected chi connectivity index (χ3v) is 1.85. The van der Waals surface area contributed by atoms with E-state index in [1.807, 2.05) is 6.92 Å². The highest BCUT2D eigenvalue weighted by molar-refractivity contribution is 5.94. The molecule has 0 rings (SSSR count). The first-order valence-electron chi connectivity index (χ1n) is 5.27. The molecule has 13 heavy (non-hydrogen) atoms. The average Bonchev–Trinajstić information content (AvgIpc) is 2.06. The maximum absolute atomic E-state index is 6.85. The number of unbranched alkanes of at least 4 members (excludes halogenated alkanes) is 4. The van der Waals surface area contributed by atoms with Crippen LogP contribution in [0.15, 0.2) is 12.2 Å². The lowest BCUT2D eigenvalue weighted by Gasteiger charge is -1.90. The first kappa shape index (κ1) is 14.9. The summed E-state index contributed by atoms with van der Waals surface area (Å²) in [5.41, 5.74) is 1.41. The van der Waals surface area contributed by atoms with Crippen LogP contribution in [0, 0.1) is 5.41 Å². The fourth-order valence-electron chi connectivity index (χ4n) is 0.677. The second kappa shape index (κ2) is 11.4. The SMILES string of the molecule is C=C(C)C(C)=N.CCCCCCC. The summed E-state index contributed by atoms with van der Waals surface area (Å²) in [5.74, 6) is 0. The summed E-state index contributed by atoms with van der Waals surface area (Å²) in [7, 11) is 0. The number of nitrogens with one attached hydrogen (secondary N) is 1. The summed E-state index contributed by atoms with van der Waals surface area (Å²) in [6.45, 7) is 11.6. The predicted octanol–water partition coefficient (Wildman–Crippen LogP) is 4.58. The van der Waals surface area contributed by atoms with E-state index in [2.05, 4.69) is 20.4 Å². The van der Waals surface area contributed by atoms with Gasteiger partial charge in [0.15, 0.2) is 0 Å². The summed E-state index contributed by atoms with van der Waals surface area (Å²) in [6.07, 6.45) is 7.01. The summed E-state index contributed by atoms with van der Waals surface area (Å²) in [5, 5.41) is 6.85. The van der Waals surface area contributed by atoms with Crippen LogP contribution in [0.3, 0.4) is 0 Å². The topological polar surface area (TPSA) is 23.9 Å². The molecule has 0 fully saturated rings. The van der Waals surface area contributed by atoms with Gasteiger partial charge in [0.05, 0.1) is 0 Å². The molecule has 0 saturated heterocycles. The molecule has 0 aromatic heterocycles. The van der Waals surface area contributed by atoms with E-state index in [0.717, 1.165) is 5.57 Å². The van der Waals surface area contributed by atoms with Gasteiger partial charge in [0.2, 0.25) is 0 Å². The van der Waals surface area contributed by atoms with Gasteiger partial charge in [0.1, 0.15) is 0 Å². The maximum atomic E-state index is 6.85. The van der Waals surface area contributed by atoms with Gasteiger partial charge in [-0.05, 0) is 19.4 Å². The quantitative estimate of drug-likeness (QED) is 0.476. The minimum absolute atomic E-state index is 0.565. The summed E-state index contributed by atoms with van der Waals surface area (Å²) in [6, 6.07) is 0. The molecule has 0 heterocycles. The molecule has 0 bridgehead atoms. The Hall–Kier alpha value is -0.590. The van der Waals surface area contributed by atoms with E-state index in [9.17, 15) is 0 Å². The highest BCUT2D eigenvalue weighted by Gasteiger charge is 1.80. The van der Waals surface area contributed by atoms with E-state index >= 15 is 0 Å². The minimum atomic E-state index is 0.565. The molecule has 1 heteroatoms. The van der Waals surface area contributed by atoms with E-state index in [1.54, 1.807) is 6.92 Å². The molecule has 0 unspecified atom stereocenters. The lowest BCUT2D eigenvalue weighted by molar-refractivity contribution is 0.656. The second-order valence-corrected chi connectivity index (χ2v) is 3.47. The molecule has 0 aromatic carbocycles. The van der Waals surface area contributed by atoms with Crippen molar-refractivity contribution in [3.05, 3.63) is 12.2 Å². The number of hydrogen-bond donors (Lipinski definition) is 1. The van der Waals surface area contributed by atoms with Crippen LogP contribution in [0.25, 0.3) is 0 Å². The molecule has 0 aliphatic carbocycles. The van der Waals surface area contributed by atoms with Gasteiger partial charge >= 0.3 is 0 Å². The number of hydrogen-bond acceptors (Lipinski definition) is 1. The first-order chi connectivity index (χ1) is 6.06. The lowest BCUT2D eigenvalue weighted by atomic mass is 10.2. The van der Waals surface area contributed by atoms with Crippen molar-refractivity contribution in [1.82, 2.24) is 0 Å². The van der Waals surface area contributed by atoms with Crippen molar-refractivity contribution in [2.24, 2.45) is 0 Å². The molecule has 0 aromatic rings. The Labute approximate surface area is 83.8 Å². The summed E-state index contributed by atoms with van der Waals surface area (Å²) < 4.78 is 0. The van der Waals surface area contributed by atoms with E-state index in [4.69, 9.17) is 5.41 Å². The van der Waals surface area contributed by atoms with Gasteiger partial charge < -0.3 is 5.41 Å². The molecule has 0 aliphatic heterocycles. The first-order valence-corrected chi connectivity index (χ1v) is 5.27. The fraction of sp³-hybridized carbons (Fsp3) is 0.750. The third-order valence-electron chi connectivity index (χ3n) is 1.85. The average molecular weight is 183 g/mol. The van der Waals surface area contributed by atoms with Crippen molar-refractivity contribution >= 4 is 5.71 Å². The Kier molecular flexibility index (Phi) is 13.1. The van der Waals surface area contributed by atoms with E-state index in [-0.39, 0.29) is 0 Å². The van der Waals surface area contributed by atoms with Crippen LogP contribution in [0.2, 0.25) is 0 Å². The van der Waals surface area contributed by atoms with Gasteiger partial charge in [0, 0.05) is 5.71 Å².